The molecule has 0 unspecified atom stereocenters. The number of hydrogen-bond donors (Lipinski definition) is 4. The number of aryl methyl sites for hydroxylation is 1. The summed E-state index contributed by atoms with van der Waals surface area (Å²) in [4.78, 5) is 24.8. The molecular formula is C29H25F3N4O7S2. The van der Waals surface area contributed by atoms with Crippen LogP contribution in [-0.2, 0) is 26.2 Å². The van der Waals surface area contributed by atoms with Crippen molar-refractivity contribution in [2.24, 2.45) is 0 Å². The lowest BCUT2D eigenvalue weighted by molar-refractivity contribution is -0.137. The second kappa shape index (κ2) is 12.9. The van der Waals surface area contributed by atoms with Gasteiger partial charge < -0.3 is 4.74 Å². The van der Waals surface area contributed by atoms with Crippen molar-refractivity contribution in [3.05, 3.63) is 113 Å². The fourth-order valence-electron chi connectivity index (χ4n) is 3.90. The van der Waals surface area contributed by atoms with E-state index < -0.39 is 48.5 Å². The largest absolute Gasteiger partial charge is 0.495 e. The number of alkyl halides is 3. The van der Waals surface area contributed by atoms with E-state index in [9.17, 15) is 39.6 Å². The van der Waals surface area contributed by atoms with Crippen LogP contribution in [0.3, 0.4) is 0 Å². The Balaban J connectivity index is 1.47. The number of anilines is 2. The number of carbonyl (C=O) groups is 2. The molecule has 0 spiro atoms. The summed E-state index contributed by atoms with van der Waals surface area (Å²) in [5.41, 5.74) is 3.63. The van der Waals surface area contributed by atoms with Gasteiger partial charge in [-0.2, -0.15) is 13.2 Å². The van der Waals surface area contributed by atoms with E-state index in [0.717, 1.165) is 42.0 Å². The van der Waals surface area contributed by atoms with Crippen LogP contribution < -0.4 is 25.0 Å². The van der Waals surface area contributed by atoms with Crippen molar-refractivity contribution in [2.75, 3.05) is 16.6 Å². The van der Waals surface area contributed by atoms with E-state index >= 15 is 0 Å². The Morgan fingerprint density at radius 3 is 1.91 bits per heavy atom. The molecule has 2 amide bonds. The third-order valence-electron chi connectivity index (χ3n) is 6.16. The molecule has 0 aliphatic rings. The lowest BCUT2D eigenvalue weighted by Crippen LogP contribution is -2.41. The van der Waals surface area contributed by atoms with E-state index in [-0.39, 0.29) is 33.1 Å². The maximum absolute atomic E-state index is 13.1. The summed E-state index contributed by atoms with van der Waals surface area (Å²) in [7, 11) is -7.37. The molecule has 4 aromatic rings. The molecule has 0 radical (unpaired) electrons. The molecule has 0 aliphatic heterocycles. The number of amides is 2. The van der Waals surface area contributed by atoms with Crippen molar-refractivity contribution >= 4 is 43.2 Å². The van der Waals surface area contributed by atoms with Crippen molar-refractivity contribution in [1.29, 1.82) is 0 Å². The highest BCUT2D eigenvalue weighted by Gasteiger charge is 2.31. The van der Waals surface area contributed by atoms with Crippen LogP contribution in [-0.4, -0.2) is 35.8 Å². The number of nitrogens with one attached hydrogen (secondary N) is 4. The van der Waals surface area contributed by atoms with Crippen LogP contribution >= 0.6 is 0 Å². The Morgan fingerprint density at radius 1 is 0.689 bits per heavy atom. The minimum absolute atomic E-state index is 0.0491. The van der Waals surface area contributed by atoms with Gasteiger partial charge in [-0.15, -0.1) is 0 Å². The zero-order chi connectivity index (χ0) is 33.0. The van der Waals surface area contributed by atoms with Crippen LogP contribution in [0.2, 0.25) is 0 Å². The highest BCUT2D eigenvalue weighted by atomic mass is 32.2. The van der Waals surface area contributed by atoms with E-state index in [1.807, 2.05) is 11.6 Å². The van der Waals surface area contributed by atoms with Gasteiger partial charge in [-0.1, -0.05) is 29.8 Å². The molecule has 4 rings (SSSR count). The monoisotopic (exact) mass is 662 g/mol. The summed E-state index contributed by atoms with van der Waals surface area (Å²) >= 11 is 0. The van der Waals surface area contributed by atoms with Crippen LogP contribution in [0.1, 0.15) is 31.8 Å². The predicted octanol–water partition coefficient (Wildman–Crippen LogP) is 4.70. The second-order valence-electron chi connectivity index (χ2n) is 9.46. The Kier molecular flexibility index (Phi) is 9.39. The predicted molar refractivity (Wildman–Crippen MR) is 159 cm³/mol. The van der Waals surface area contributed by atoms with Crippen molar-refractivity contribution < 1.29 is 44.3 Å². The number of benzene rings is 4. The van der Waals surface area contributed by atoms with E-state index in [2.05, 4.69) is 15.6 Å². The van der Waals surface area contributed by atoms with Gasteiger partial charge in [-0.05, 0) is 73.7 Å². The van der Waals surface area contributed by atoms with E-state index in [1.54, 1.807) is 24.3 Å². The third kappa shape index (κ3) is 8.10. The first-order chi connectivity index (χ1) is 21.1. The average Bonchev–Trinajstić information content (AvgIpc) is 3.00. The van der Waals surface area contributed by atoms with Gasteiger partial charge in [0.1, 0.15) is 10.6 Å². The number of hydrazine groups is 1. The lowest BCUT2D eigenvalue weighted by Gasteiger charge is -2.14. The van der Waals surface area contributed by atoms with Crippen molar-refractivity contribution in [3.63, 3.8) is 0 Å². The van der Waals surface area contributed by atoms with Gasteiger partial charge in [-0.3, -0.25) is 29.9 Å². The topological polar surface area (TPSA) is 160 Å². The molecule has 45 heavy (non-hydrogen) atoms. The van der Waals surface area contributed by atoms with Gasteiger partial charge >= 0.3 is 6.18 Å². The molecule has 236 valence electrons. The molecule has 4 aromatic carbocycles. The Hall–Kier alpha value is -5.09. The molecule has 0 bridgehead atoms. The normalized spacial score (nSPS) is 11.8. The van der Waals surface area contributed by atoms with Crippen LogP contribution in [0.4, 0.5) is 24.5 Å². The Labute approximate surface area is 256 Å². The first-order valence-electron chi connectivity index (χ1n) is 12.8. The molecule has 0 fully saturated rings. The van der Waals surface area contributed by atoms with Gasteiger partial charge in [0, 0.05) is 22.5 Å². The van der Waals surface area contributed by atoms with Crippen molar-refractivity contribution in [3.8, 4) is 5.75 Å². The van der Waals surface area contributed by atoms with Crippen LogP contribution in [0.15, 0.2) is 101 Å². The van der Waals surface area contributed by atoms with Gasteiger partial charge in [-0.25, -0.2) is 16.8 Å². The number of rotatable bonds is 9. The number of methoxy groups -OCH3 is 1. The first kappa shape index (κ1) is 32.8. The number of carbonyl (C=O) groups excluding carboxylic acids is 2. The molecule has 0 aromatic heterocycles. The molecule has 11 nitrogen and oxygen atoms in total. The minimum atomic E-state index is -4.69. The maximum atomic E-state index is 13.1. The standard InChI is InChI=1S/C29H25F3N4O7S2/c1-18-9-12-22(13-10-18)35-45(41,42)26-16-20(11-14-25(26)43-2)28(38)34-33-27(37)19-5-3-8-24(15-19)44(39,40)36-23-7-4-6-21(17-23)29(30,31)32/h3-17,35-36H,1-2H3,(H,33,37)(H,34,38). The summed E-state index contributed by atoms with van der Waals surface area (Å²) in [6.45, 7) is 1.84. The molecule has 16 heteroatoms. The molecule has 4 N–H and O–H groups in total. The zero-order valence-electron chi connectivity index (χ0n) is 23.5. The molecule has 0 heterocycles. The van der Waals surface area contributed by atoms with Crippen molar-refractivity contribution in [2.45, 2.75) is 22.9 Å². The van der Waals surface area contributed by atoms with E-state index in [0.29, 0.717) is 6.07 Å². The number of hydrogen-bond acceptors (Lipinski definition) is 7. The summed E-state index contributed by atoms with van der Waals surface area (Å²) in [6.07, 6.45) is -4.69. The van der Waals surface area contributed by atoms with Gasteiger partial charge in [0.15, 0.2) is 0 Å². The number of sulfonamides is 2. The minimum Gasteiger partial charge on any atom is -0.495 e. The summed E-state index contributed by atoms with van der Waals surface area (Å²) in [5, 5.41) is 0. The third-order valence-corrected chi connectivity index (χ3v) is 8.94. The van der Waals surface area contributed by atoms with Crippen LogP contribution in [0, 0.1) is 6.92 Å². The summed E-state index contributed by atoms with van der Waals surface area (Å²) < 4.78 is 100. The van der Waals surface area contributed by atoms with E-state index in [4.69, 9.17) is 4.74 Å². The average molecular weight is 663 g/mol. The fourth-order valence-corrected chi connectivity index (χ4v) is 6.24. The van der Waals surface area contributed by atoms with Crippen LogP contribution in [0.25, 0.3) is 0 Å². The first-order valence-corrected chi connectivity index (χ1v) is 15.7. The van der Waals surface area contributed by atoms with Crippen LogP contribution in [0.5, 0.6) is 5.75 Å². The number of ether oxygens (including phenoxy) is 1. The molecular weight excluding hydrogens is 637 g/mol. The maximum Gasteiger partial charge on any atom is 0.416 e. The molecule has 0 saturated heterocycles. The summed E-state index contributed by atoms with van der Waals surface area (Å²) in [6, 6.07) is 18.2. The molecule has 0 atom stereocenters. The van der Waals surface area contributed by atoms with E-state index in [1.165, 1.54) is 31.4 Å². The van der Waals surface area contributed by atoms with Crippen molar-refractivity contribution in [1.82, 2.24) is 10.9 Å². The second-order valence-corrected chi connectivity index (χ2v) is 12.8. The quantitative estimate of drug-likeness (QED) is 0.189. The zero-order valence-corrected chi connectivity index (χ0v) is 25.1. The Morgan fingerprint density at radius 2 is 1.29 bits per heavy atom. The summed E-state index contributed by atoms with van der Waals surface area (Å²) in [5.74, 6) is -1.90. The molecule has 0 aliphatic carbocycles. The highest BCUT2D eigenvalue weighted by molar-refractivity contribution is 7.93. The highest BCUT2D eigenvalue weighted by Crippen LogP contribution is 2.31. The van der Waals surface area contributed by atoms with Gasteiger partial charge in [0.2, 0.25) is 0 Å². The number of halogens is 3. The smallest absolute Gasteiger partial charge is 0.416 e. The SMILES string of the molecule is COc1ccc(C(=O)NNC(=O)c2cccc(S(=O)(=O)Nc3cccc(C(F)(F)F)c3)c2)cc1S(=O)(=O)Nc1ccc(C)cc1. The van der Waals surface area contributed by atoms with Gasteiger partial charge in [0.25, 0.3) is 31.9 Å². The Bertz CT molecular complexity index is 1970. The lowest BCUT2D eigenvalue weighted by atomic mass is 10.2. The molecule has 0 saturated carbocycles. The van der Waals surface area contributed by atoms with Gasteiger partial charge in [0.05, 0.1) is 17.6 Å². The fraction of sp³-hybridized carbons (Fsp3) is 0.103.